The lowest BCUT2D eigenvalue weighted by molar-refractivity contribution is 0.102. The molecule has 0 bridgehead atoms. The molecule has 2 aromatic carbocycles. The van der Waals surface area contributed by atoms with Crippen LogP contribution in [0.4, 0.5) is 5.69 Å². The quantitative estimate of drug-likeness (QED) is 0.711. The van der Waals surface area contributed by atoms with Crippen molar-refractivity contribution in [2.75, 3.05) is 16.8 Å². The molecule has 1 fully saturated rings. The molecule has 6 nitrogen and oxygen atoms in total. The van der Waals surface area contributed by atoms with Crippen LogP contribution in [0, 0.1) is 13.8 Å². The van der Waals surface area contributed by atoms with Gasteiger partial charge >= 0.3 is 0 Å². The molecule has 1 N–H and O–H groups in total. The van der Waals surface area contributed by atoms with Crippen LogP contribution in [0.5, 0.6) is 0 Å². The first-order chi connectivity index (χ1) is 13.8. The zero-order valence-electron chi connectivity index (χ0n) is 16.4. The van der Waals surface area contributed by atoms with Gasteiger partial charge < -0.3 is 5.32 Å². The summed E-state index contributed by atoms with van der Waals surface area (Å²) in [7, 11) is -3.08. The van der Waals surface area contributed by atoms with Crippen molar-refractivity contribution in [2.24, 2.45) is 0 Å². The van der Waals surface area contributed by atoms with E-state index in [2.05, 4.69) is 10.4 Å². The normalized spacial score (nSPS) is 17.9. The zero-order valence-corrected chi connectivity index (χ0v) is 17.2. The fourth-order valence-electron chi connectivity index (χ4n) is 3.58. The molecule has 1 unspecified atom stereocenters. The predicted molar refractivity (Wildman–Crippen MR) is 114 cm³/mol. The molecule has 150 valence electrons. The number of nitrogens with zero attached hydrogens (tertiary/aromatic N) is 2. The number of aryl methyl sites for hydroxylation is 2. The molecule has 2 heterocycles. The number of hydrogen-bond donors (Lipinski definition) is 1. The van der Waals surface area contributed by atoms with Crippen molar-refractivity contribution < 1.29 is 13.2 Å². The van der Waals surface area contributed by atoms with Gasteiger partial charge in [0.05, 0.1) is 23.2 Å². The first-order valence-electron chi connectivity index (χ1n) is 9.56. The fourth-order valence-corrected chi connectivity index (χ4v) is 5.28. The van der Waals surface area contributed by atoms with E-state index < -0.39 is 9.84 Å². The number of amides is 1. The van der Waals surface area contributed by atoms with Gasteiger partial charge in [0.2, 0.25) is 0 Å². The summed E-state index contributed by atoms with van der Waals surface area (Å²) in [6, 6.07) is 16.7. The Morgan fingerprint density at radius 1 is 1.07 bits per heavy atom. The van der Waals surface area contributed by atoms with E-state index in [-0.39, 0.29) is 29.1 Å². The van der Waals surface area contributed by atoms with Crippen LogP contribution in [-0.2, 0) is 9.84 Å². The highest BCUT2D eigenvalue weighted by molar-refractivity contribution is 7.91. The number of para-hydroxylation sites is 1. The van der Waals surface area contributed by atoms with Crippen molar-refractivity contribution >= 4 is 21.4 Å². The standard InChI is InChI=1S/C22H23N3O3S/c1-15-8-9-17(12-16(15)2)21-13-20(22(26)23-18-6-4-3-5-7-18)24-25(21)19-10-11-29(27,28)14-19/h3-9,12-13,19H,10-11,14H2,1-2H3,(H,23,26). The Bertz CT molecular complexity index is 1170. The highest BCUT2D eigenvalue weighted by Crippen LogP contribution is 2.31. The summed E-state index contributed by atoms with van der Waals surface area (Å²) in [5, 5.41) is 7.37. The third-order valence-electron chi connectivity index (χ3n) is 5.36. The average Bonchev–Trinajstić information content (AvgIpc) is 3.28. The number of carbonyl (C=O) groups excluding carboxylic acids is 1. The van der Waals surface area contributed by atoms with E-state index >= 15 is 0 Å². The Kier molecular flexibility index (Phi) is 5.00. The second kappa shape index (κ2) is 7.48. The van der Waals surface area contributed by atoms with Gasteiger partial charge in [-0.2, -0.15) is 5.10 Å². The van der Waals surface area contributed by atoms with E-state index in [0.717, 1.165) is 16.8 Å². The Morgan fingerprint density at radius 3 is 2.48 bits per heavy atom. The van der Waals surface area contributed by atoms with Crippen molar-refractivity contribution in [3.05, 3.63) is 71.4 Å². The van der Waals surface area contributed by atoms with Crippen molar-refractivity contribution in [3.8, 4) is 11.3 Å². The first kappa shape index (κ1) is 19.4. The minimum atomic E-state index is -3.08. The maximum atomic E-state index is 12.8. The molecular formula is C22H23N3O3S. The molecular weight excluding hydrogens is 386 g/mol. The van der Waals surface area contributed by atoms with Crippen molar-refractivity contribution in [1.82, 2.24) is 9.78 Å². The monoisotopic (exact) mass is 409 g/mol. The summed E-state index contributed by atoms with van der Waals surface area (Å²) < 4.78 is 25.8. The van der Waals surface area contributed by atoms with Gasteiger partial charge in [-0.05, 0) is 55.7 Å². The molecule has 1 saturated heterocycles. The third-order valence-corrected chi connectivity index (χ3v) is 7.11. The zero-order chi connectivity index (χ0) is 20.6. The van der Waals surface area contributed by atoms with Crippen LogP contribution < -0.4 is 5.32 Å². The lowest BCUT2D eigenvalue weighted by Gasteiger charge is -2.14. The van der Waals surface area contributed by atoms with Gasteiger partial charge in [0.15, 0.2) is 15.5 Å². The number of rotatable bonds is 4. The largest absolute Gasteiger partial charge is 0.321 e. The smallest absolute Gasteiger partial charge is 0.276 e. The summed E-state index contributed by atoms with van der Waals surface area (Å²) in [4.78, 5) is 12.8. The maximum Gasteiger partial charge on any atom is 0.276 e. The van der Waals surface area contributed by atoms with Crippen LogP contribution in [0.3, 0.4) is 0 Å². The Labute approximate surface area is 170 Å². The van der Waals surface area contributed by atoms with Crippen LogP contribution in [0.15, 0.2) is 54.6 Å². The van der Waals surface area contributed by atoms with Crippen LogP contribution >= 0.6 is 0 Å². The minimum Gasteiger partial charge on any atom is -0.321 e. The third kappa shape index (κ3) is 4.10. The minimum absolute atomic E-state index is 0.0479. The van der Waals surface area contributed by atoms with Crippen molar-refractivity contribution in [2.45, 2.75) is 26.3 Å². The summed E-state index contributed by atoms with van der Waals surface area (Å²) >= 11 is 0. The Hall–Kier alpha value is -2.93. The van der Waals surface area contributed by atoms with Gasteiger partial charge in [0, 0.05) is 11.3 Å². The summed E-state index contributed by atoms with van der Waals surface area (Å²) in [6.07, 6.45) is 0.502. The molecule has 29 heavy (non-hydrogen) atoms. The molecule has 0 aliphatic carbocycles. The van der Waals surface area contributed by atoms with Crippen molar-refractivity contribution in [3.63, 3.8) is 0 Å². The molecule has 0 radical (unpaired) electrons. The molecule has 7 heteroatoms. The molecule has 1 aromatic heterocycles. The van der Waals surface area contributed by atoms with Gasteiger partial charge in [-0.3, -0.25) is 9.48 Å². The number of nitrogens with one attached hydrogen (secondary N) is 1. The first-order valence-corrected chi connectivity index (χ1v) is 11.4. The Balaban J connectivity index is 1.74. The van der Waals surface area contributed by atoms with Gasteiger partial charge in [-0.25, -0.2) is 8.42 Å². The molecule has 3 aromatic rings. The number of anilines is 1. The van der Waals surface area contributed by atoms with E-state index in [1.807, 2.05) is 62.4 Å². The van der Waals surface area contributed by atoms with E-state index in [1.165, 1.54) is 5.56 Å². The van der Waals surface area contributed by atoms with E-state index in [9.17, 15) is 13.2 Å². The van der Waals surface area contributed by atoms with E-state index in [1.54, 1.807) is 10.7 Å². The van der Waals surface area contributed by atoms with Gasteiger partial charge in [0.25, 0.3) is 5.91 Å². The molecule has 1 aliphatic heterocycles. The second-order valence-corrected chi connectivity index (χ2v) is 9.76. The van der Waals surface area contributed by atoms with Gasteiger partial charge in [-0.1, -0.05) is 30.3 Å². The molecule has 1 amide bonds. The van der Waals surface area contributed by atoms with Crippen LogP contribution in [-0.4, -0.2) is 35.6 Å². The number of benzene rings is 2. The topological polar surface area (TPSA) is 81.1 Å². The average molecular weight is 410 g/mol. The molecule has 4 rings (SSSR count). The van der Waals surface area contributed by atoms with E-state index in [4.69, 9.17) is 0 Å². The lowest BCUT2D eigenvalue weighted by Crippen LogP contribution is -2.16. The Morgan fingerprint density at radius 2 is 1.83 bits per heavy atom. The maximum absolute atomic E-state index is 12.8. The van der Waals surface area contributed by atoms with E-state index in [0.29, 0.717) is 12.1 Å². The molecule has 1 aliphatic rings. The summed E-state index contributed by atoms with van der Waals surface area (Å²) in [6.45, 7) is 4.07. The summed E-state index contributed by atoms with van der Waals surface area (Å²) in [5.74, 6) is -0.122. The fraction of sp³-hybridized carbons (Fsp3) is 0.273. The molecule has 0 spiro atoms. The van der Waals surface area contributed by atoms with Crippen LogP contribution in [0.1, 0.15) is 34.1 Å². The van der Waals surface area contributed by atoms with Crippen molar-refractivity contribution in [1.29, 1.82) is 0 Å². The number of hydrogen-bond acceptors (Lipinski definition) is 4. The van der Waals surface area contributed by atoms with Gasteiger partial charge in [0.1, 0.15) is 0 Å². The highest BCUT2D eigenvalue weighted by atomic mass is 32.2. The predicted octanol–water partition coefficient (Wildman–Crippen LogP) is 3.78. The molecule has 0 saturated carbocycles. The van der Waals surface area contributed by atoms with Gasteiger partial charge in [-0.15, -0.1) is 0 Å². The SMILES string of the molecule is Cc1ccc(-c2cc(C(=O)Nc3ccccc3)nn2C2CCS(=O)(=O)C2)cc1C. The molecule has 1 atom stereocenters. The lowest BCUT2D eigenvalue weighted by atomic mass is 10.0. The number of carbonyl (C=O) groups is 1. The van der Waals surface area contributed by atoms with Crippen LogP contribution in [0.2, 0.25) is 0 Å². The second-order valence-electron chi connectivity index (χ2n) is 7.54. The number of sulfone groups is 1. The van der Waals surface area contributed by atoms with Crippen LogP contribution in [0.25, 0.3) is 11.3 Å². The number of aromatic nitrogens is 2. The summed E-state index contributed by atoms with van der Waals surface area (Å²) in [5.41, 5.74) is 4.93. The highest BCUT2D eigenvalue weighted by Gasteiger charge is 2.32.